The maximum atomic E-state index is 2.42. The summed E-state index contributed by atoms with van der Waals surface area (Å²) in [5, 5.41) is 0. The van der Waals surface area contributed by atoms with E-state index in [1.165, 1.54) is 38.5 Å². The third-order valence-corrected chi connectivity index (χ3v) is 4.58. The van der Waals surface area contributed by atoms with Gasteiger partial charge in [0.25, 0.3) is 0 Å². The van der Waals surface area contributed by atoms with Crippen molar-refractivity contribution in [2.75, 3.05) is 0 Å². The summed E-state index contributed by atoms with van der Waals surface area (Å²) >= 11 is 0. The summed E-state index contributed by atoms with van der Waals surface area (Å²) in [5.74, 6) is 0.722. The molecule has 1 aromatic rings. The molecule has 3 rings (SSSR count). The molecule has 0 saturated carbocycles. The van der Waals surface area contributed by atoms with E-state index >= 15 is 0 Å². The molecule has 1 unspecified atom stereocenters. The van der Waals surface area contributed by atoms with Gasteiger partial charge in [0.05, 0.1) is 0 Å². The van der Waals surface area contributed by atoms with Crippen molar-refractivity contribution in [3.8, 4) is 0 Å². The van der Waals surface area contributed by atoms with E-state index in [9.17, 15) is 0 Å². The van der Waals surface area contributed by atoms with Gasteiger partial charge in [0.15, 0.2) is 0 Å². The molecule has 2 aliphatic rings. The predicted octanol–water partition coefficient (Wildman–Crippen LogP) is 4.87. The maximum Gasteiger partial charge on any atom is -0.0184 e. The van der Waals surface area contributed by atoms with Crippen LogP contribution in [0.4, 0.5) is 0 Å². The molecule has 1 atom stereocenters. The van der Waals surface area contributed by atoms with Crippen molar-refractivity contribution in [3.05, 3.63) is 40.5 Å². The Morgan fingerprint density at radius 3 is 2.65 bits per heavy atom. The van der Waals surface area contributed by atoms with E-state index in [1.807, 2.05) is 0 Å². The van der Waals surface area contributed by atoms with Gasteiger partial charge in [0, 0.05) is 0 Å². The summed E-state index contributed by atoms with van der Waals surface area (Å²) in [6.07, 6.45) is 10.2. The quantitative estimate of drug-likeness (QED) is 0.690. The van der Waals surface area contributed by atoms with Crippen molar-refractivity contribution in [1.82, 2.24) is 0 Å². The number of benzene rings is 1. The first kappa shape index (κ1) is 11.1. The third-order valence-electron chi connectivity index (χ3n) is 4.58. The lowest BCUT2D eigenvalue weighted by Gasteiger charge is -2.24. The van der Waals surface area contributed by atoms with Crippen LogP contribution in [0, 0.1) is 0 Å². The van der Waals surface area contributed by atoms with E-state index in [1.54, 1.807) is 27.8 Å². The smallest absolute Gasteiger partial charge is 0.0184 e. The predicted molar refractivity (Wildman–Crippen MR) is 74.4 cm³/mol. The Kier molecular flexibility index (Phi) is 2.82. The van der Waals surface area contributed by atoms with Gasteiger partial charge in [-0.3, -0.25) is 0 Å². The molecular formula is C17H22. The Bertz CT molecular complexity index is 465. The van der Waals surface area contributed by atoms with E-state index in [0.29, 0.717) is 0 Å². The molecule has 0 saturated heterocycles. The summed E-state index contributed by atoms with van der Waals surface area (Å²) in [7, 11) is 0. The second-order valence-corrected chi connectivity index (χ2v) is 5.60. The zero-order valence-electron chi connectivity index (χ0n) is 11.1. The van der Waals surface area contributed by atoms with Crippen LogP contribution in [0.2, 0.25) is 0 Å². The van der Waals surface area contributed by atoms with Gasteiger partial charge < -0.3 is 0 Å². The lowest BCUT2D eigenvalue weighted by molar-refractivity contribution is 0.719. The van der Waals surface area contributed by atoms with Crippen LogP contribution in [0.5, 0.6) is 0 Å². The molecule has 0 heteroatoms. The number of allylic oxidation sites excluding steroid dienone is 2. The number of fused-ring (bicyclic) bond motifs is 1. The molecule has 0 radical (unpaired) electrons. The molecule has 0 aliphatic heterocycles. The van der Waals surface area contributed by atoms with Gasteiger partial charge in [-0.15, -0.1) is 0 Å². The van der Waals surface area contributed by atoms with E-state index < -0.39 is 0 Å². The minimum absolute atomic E-state index is 0.722. The van der Waals surface area contributed by atoms with Gasteiger partial charge in [-0.05, 0) is 72.3 Å². The van der Waals surface area contributed by atoms with Crippen LogP contribution in [-0.2, 0) is 12.8 Å². The van der Waals surface area contributed by atoms with Crippen LogP contribution in [0.1, 0.15) is 67.7 Å². The van der Waals surface area contributed by atoms with Crippen LogP contribution >= 0.6 is 0 Å². The average molecular weight is 226 g/mol. The molecule has 0 aromatic heterocycles. The molecule has 0 N–H and O–H groups in total. The molecule has 0 nitrogen and oxygen atoms in total. The first-order valence-corrected chi connectivity index (χ1v) is 7.15. The summed E-state index contributed by atoms with van der Waals surface area (Å²) in [6.45, 7) is 4.72. The Morgan fingerprint density at radius 2 is 2.00 bits per heavy atom. The molecule has 0 amide bonds. The SMILES string of the molecule is CCC(C)c1c(C2=CCC2)ccc2c1CCC2. The van der Waals surface area contributed by atoms with E-state index in [2.05, 4.69) is 32.1 Å². The average Bonchev–Trinajstić information content (AvgIpc) is 2.73. The Morgan fingerprint density at radius 1 is 1.18 bits per heavy atom. The van der Waals surface area contributed by atoms with E-state index in [-0.39, 0.29) is 0 Å². The molecule has 0 spiro atoms. The van der Waals surface area contributed by atoms with Crippen molar-refractivity contribution in [1.29, 1.82) is 0 Å². The second kappa shape index (κ2) is 4.33. The van der Waals surface area contributed by atoms with E-state index in [0.717, 1.165) is 5.92 Å². The minimum atomic E-state index is 0.722. The van der Waals surface area contributed by atoms with Crippen LogP contribution in [0.25, 0.3) is 5.57 Å². The monoisotopic (exact) mass is 226 g/mol. The lowest BCUT2D eigenvalue weighted by atomic mass is 9.81. The number of rotatable bonds is 3. The van der Waals surface area contributed by atoms with Crippen molar-refractivity contribution < 1.29 is 0 Å². The van der Waals surface area contributed by atoms with Crippen LogP contribution in [-0.4, -0.2) is 0 Å². The van der Waals surface area contributed by atoms with Gasteiger partial charge in [0.2, 0.25) is 0 Å². The standard InChI is InChI=1S/C17H22/c1-3-12(2)17-15-9-5-8-14(15)10-11-16(17)13-6-4-7-13/h6,10-12H,3-5,7-9H2,1-2H3. The highest BCUT2D eigenvalue weighted by atomic mass is 14.3. The Hall–Kier alpha value is -1.04. The van der Waals surface area contributed by atoms with Crippen molar-refractivity contribution in [2.24, 2.45) is 0 Å². The Labute approximate surface area is 105 Å². The first-order chi connectivity index (χ1) is 8.31. The van der Waals surface area contributed by atoms with Crippen molar-refractivity contribution in [3.63, 3.8) is 0 Å². The number of hydrogen-bond acceptors (Lipinski definition) is 0. The number of hydrogen-bond donors (Lipinski definition) is 0. The van der Waals surface area contributed by atoms with Gasteiger partial charge >= 0.3 is 0 Å². The molecule has 90 valence electrons. The van der Waals surface area contributed by atoms with Crippen LogP contribution in [0.15, 0.2) is 18.2 Å². The molecule has 0 bridgehead atoms. The largest absolute Gasteiger partial charge is 0.0804 e. The highest BCUT2D eigenvalue weighted by Crippen LogP contribution is 2.40. The highest BCUT2D eigenvalue weighted by molar-refractivity contribution is 5.74. The van der Waals surface area contributed by atoms with Gasteiger partial charge in [-0.1, -0.05) is 32.1 Å². The Balaban J connectivity index is 2.15. The maximum absolute atomic E-state index is 2.42. The fourth-order valence-electron chi connectivity index (χ4n) is 3.28. The number of aryl methyl sites for hydroxylation is 1. The molecule has 2 aliphatic carbocycles. The molecule has 1 aromatic carbocycles. The minimum Gasteiger partial charge on any atom is -0.0804 e. The fourth-order valence-corrected chi connectivity index (χ4v) is 3.28. The summed E-state index contributed by atoms with van der Waals surface area (Å²) in [5.41, 5.74) is 8.20. The summed E-state index contributed by atoms with van der Waals surface area (Å²) < 4.78 is 0. The van der Waals surface area contributed by atoms with Crippen LogP contribution in [0.3, 0.4) is 0 Å². The first-order valence-electron chi connectivity index (χ1n) is 7.15. The fraction of sp³-hybridized carbons (Fsp3) is 0.529. The molecular weight excluding hydrogens is 204 g/mol. The van der Waals surface area contributed by atoms with Crippen LogP contribution < -0.4 is 0 Å². The lowest BCUT2D eigenvalue weighted by Crippen LogP contribution is -2.06. The molecule has 0 heterocycles. The van der Waals surface area contributed by atoms with Crippen molar-refractivity contribution >= 4 is 5.57 Å². The second-order valence-electron chi connectivity index (χ2n) is 5.60. The zero-order valence-corrected chi connectivity index (χ0v) is 11.1. The van der Waals surface area contributed by atoms with E-state index in [4.69, 9.17) is 0 Å². The third kappa shape index (κ3) is 1.74. The molecule has 0 fully saturated rings. The zero-order chi connectivity index (χ0) is 11.8. The van der Waals surface area contributed by atoms with Gasteiger partial charge in [-0.25, -0.2) is 0 Å². The summed E-state index contributed by atoms with van der Waals surface area (Å²) in [4.78, 5) is 0. The van der Waals surface area contributed by atoms with Gasteiger partial charge in [-0.2, -0.15) is 0 Å². The topological polar surface area (TPSA) is 0 Å². The van der Waals surface area contributed by atoms with Crippen molar-refractivity contribution in [2.45, 2.75) is 58.3 Å². The normalized spacial score (nSPS) is 19.5. The summed E-state index contributed by atoms with van der Waals surface area (Å²) in [6, 6.07) is 4.79. The highest BCUT2D eigenvalue weighted by Gasteiger charge is 2.23. The molecule has 17 heavy (non-hydrogen) atoms. The van der Waals surface area contributed by atoms with Gasteiger partial charge in [0.1, 0.15) is 0 Å².